The first-order valence-corrected chi connectivity index (χ1v) is 8.35. The molecule has 1 unspecified atom stereocenters. The summed E-state index contributed by atoms with van der Waals surface area (Å²) in [6, 6.07) is 10.6. The molecule has 132 valence electrons. The average Bonchev–Trinajstić information content (AvgIpc) is 2.62. The first-order chi connectivity index (χ1) is 12.0. The van der Waals surface area contributed by atoms with Crippen molar-refractivity contribution in [2.45, 2.75) is 33.2 Å². The summed E-state index contributed by atoms with van der Waals surface area (Å²) in [6.45, 7) is 6.04. The summed E-state index contributed by atoms with van der Waals surface area (Å²) in [5, 5.41) is 5.98. The maximum atomic E-state index is 12.1. The average molecular weight is 341 g/mol. The quantitative estimate of drug-likeness (QED) is 0.753. The van der Waals surface area contributed by atoms with Crippen molar-refractivity contribution in [1.82, 2.24) is 10.3 Å². The Hall–Kier alpha value is -2.89. The molecule has 1 atom stereocenters. The minimum absolute atomic E-state index is 0.113. The number of pyridine rings is 1. The van der Waals surface area contributed by atoms with Crippen molar-refractivity contribution in [3.8, 4) is 0 Å². The molecule has 2 rings (SSSR count). The van der Waals surface area contributed by atoms with E-state index in [2.05, 4.69) is 15.6 Å². The minimum Gasteiger partial charge on any atom is -0.462 e. The van der Waals surface area contributed by atoms with Gasteiger partial charge >= 0.3 is 5.97 Å². The normalized spacial score (nSPS) is 11.5. The number of rotatable bonds is 7. The Kier molecular flexibility index (Phi) is 6.51. The fourth-order valence-corrected chi connectivity index (χ4v) is 2.13. The number of aromatic nitrogens is 1. The van der Waals surface area contributed by atoms with E-state index in [9.17, 15) is 9.59 Å². The van der Waals surface area contributed by atoms with Gasteiger partial charge in [-0.05, 0) is 44.5 Å². The fourth-order valence-electron chi connectivity index (χ4n) is 2.13. The lowest BCUT2D eigenvalue weighted by molar-refractivity contribution is 0.0527. The Morgan fingerprint density at radius 2 is 1.92 bits per heavy atom. The summed E-state index contributed by atoms with van der Waals surface area (Å²) in [6.07, 6.45) is 2.37. The number of hydrogen-bond acceptors (Lipinski definition) is 5. The van der Waals surface area contributed by atoms with Crippen LogP contribution in [-0.2, 0) is 4.74 Å². The van der Waals surface area contributed by atoms with Gasteiger partial charge in [-0.1, -0.05) is 19.1 Å². The molecule has 1 aromatic heterocycles. The van der Waals surface area contributed by atoms with Gasteiger partial charge < -0.3 is 15.4 Å². The number of esters is 1. The highest BCUT2D eigenvalue weighted by atomic mass is 16.5. The summed E-state index contributed by atoms with van der Waals surface area (Å²) in [4.78, 5) is 28.3. The van der Waals surface area contributed by atoms with Crippen LogP contribution in [0.1, 0.15) is 47.9 Å². The summed E-state index contributed by atoms with van der Waals surface area (Å²) in [7, 11) is 0. The molecule has 0 fully saturated rings. The Morgan fingerprint density at radius 1 is 1.16 bits per heavy atom. The van der Waals surface area contributed by atoms with E-state index in [-0.39, 0.29) is 11.9 Å². The lowest BCUT2D eigenvalue weighted by Gasteiger charge is -2.12. The van der Waals surface area contributed by atoms with Crippen molar-refractivity contribution in [3.05, 3.63) is 53.7 Å². The molecule has 0 saturated heterocycles. The molecule has 25 heavy (non-hydrogen) atoms. The molecule has 1 heterocycles. The van der Waals surface area contributed by atoms with E-state index in [1.54, 1.807) is 37.3 Å². The van der Waals surface area contributed by atoms with Crippen LogP contribution in [0.2, 0.25) is 0 Å². The Morgan fingerprint density at radius 3 is 2.56 bits per heavy atom. The molecule has 6 nitrogen and oxygen atoms in total. The lowest BCUT2D eigenvalue weighted by atomic mass is 10.1. The number of para-hydroxylation sites is 1. The van der Waals surface area contributed by atoms with Crippen molar-refractivity contribution in [3.63, 3.8) is 0 Å². The molecule has 0 saturated carbocycles. The van der Waals surface area contributed by atoms with Crippen LogP contribution in [0.25, 0.3) is 0 Å². The van der Waals surface area contributed by atoms with Gasteiger partial charge in [-0.15, -0.1) is 0 Å². The van der Waals surface area contributed by atoms with E-state index < -0.39 is 5.97 Å². The van der Waals surface area contributed by atoms with Crippen LogP contribution in [-0.4, -0.2) is 29.5 Å². The predicted octanol–water partition coefficient (Wildman–Crippen LogP) is 3.53. The first-order valence-electron chi connectivity index (χ1n) is 8.35. The van der Waals surface area contributed by atoms with Gasteiger partial charge in [0.15, 0.2) is 0 Å². The maximum Gasteiger partial charge on any atom is 0.340 e. The van der Waals surface area contributed by atoms with Crippen LogP contribution in [0.5, 0.6) is 0 Å². The smallest absolute Gasteiger partial charge is 0.340 e. The summed E-state index contributed by atoms with van der Waals surface area (Å²) < 4.78 is 5.05. The Bertz CT molecular complexity index is 729. The van der Waals surface area contributed by atoms with Crippen LogP contribution >= 0.6 is 0 Å². The van der Waals surface area contributed by atoms with Gasteiger partial charge in [0.25, 0.3) is 5.91 Å². The van der Waals surface area contributed by atoms with E-state index in [0.717, 1.165) is 6.42 Å². The largest absolute Gasteiger partial charge is 0.462 e. The zero-order valence-corrected chi connectivity index (χ0v) is 14.7. The number of hydrogen-bond donors (Lipinski definition) is 2. The van der Waals surface area contributed by atoms with Gasteiger partial charge in [0, 0.05) is 12.2 Å². The molecule has 0 spiro atoms. The summed E-state index contributed by atoms with van der Waals surface area (Å²) in [5.74, 6) is -0.00712. The van der Waals surface area contributed by atoms with Gasteiger partial charge in [-0.2, -0.15) is 0 Å². The second kappa shape index (κ2) is 8.82. The van der Waals surface area contributed by atoms with Crippen LogP contribution in [0.15, 0.2) is 42.6 Å². The van der Waals surface area contributed by atoms with Crippen LogP contribution in [0.4, 0.5) is 11.5 Å². The molecular weight excluding hydrogens is 318 g/mol. The highest BCUT2D eigenvalue weighted by molar-refractivity contribution is 5.96. The van der Waals surface area contributed by atoms with E-state index in [0.29, 0.717) is 29.2 Å². The van der Waals surface area contributed by atoms with E-state index in [4.69, 9.17) is 4.74 Å². The van der Waals surface area contributed by atoms with Crippen LogP contribution in [0.3, 0.4) is 0 Å². The standard InChI is InChI=1S/C19H23N3O3/c1-4-13(3)21-18(23)14-10-11-17(20-12-14)22-16-9-7-6-8-15(16)19(24)25-5-2/h6-13H,4-5H2,1-3H3,(H,20,22)(H,21,23). The molecule has 1 amide bonds. The highest BCUT2D eigenvalue weighted by Gasteiger charge is 2.13. The van der Waals surface area contributed by atoms with Gasteiger partial charge in [0.1, 0.15) is 5.82 Å². The molecule has 6 heteroatoms. The third kappa shape index (κ3) is 5.04. The Labute approximate surface area is 147 Å². The van der Waals surface area contributed by atoms with Gasteiger partial charge in [-0.25, -0.2) is 9.78 Å². The third-order valence-electron chi connectivity index (χ3n) is 3.70. The number of anilines is 2. The summed E-state index contributed by atoms with van der Waals surface area (Å²) >= 11 is 0. The van der Waals surface area contributed by atoms with Crippen molar-refractivity contribution in [2.75, 3.05) is 11.9 Å². The van der Waals surface area contributed by atoms with Gasteiger partial charge in [-0.3, -0.25) is 4.79 Å². The number of ether oxygens (including phenoxy) is 1. The number of benzene rings is 1. The van der Waals surface area contributed by atoms with Crippen LogP contribution in [0, 0.1) is 0 Å². The monoisotopic (exact) mass is 341 g/mol. The molecule has 0 aliphatic heterocycles. The number of carbonyl (C=O) groups excluding carboxylic acids is 2. The molecule has 1 aromatic carbocycles. The van der Waals surface area contributed by atoms with E-state index in [1.807, 2.05) is 19.9 Å². The highest BCUT2D eigenvalue weighted by Crippen LogP contribution is 2.20. The summed E-state index contributed by atoms with van der Waals surface area (Å²) in [5.41, 5.74) is 1.53. The van der Waals surface area contributed by atoms with Crippen molar-refractivity contribution >= 4 is 23.4 Å². The van der Waals surface area contributed by atoms with E-state index >= 15 is 0 Å². The zero-order valence-electron chi connectivity index (χ0n) is 14.7. The number of carbonyl (C=O) groups is 2. The van der Waals surface area contributed by atoms with Crippen molar-refractivity contribution < 1.29 is 14.3 Å². The number of amides is 1. The Balaban J connectivity index is 2.12. The molecule has 2 aromatic rings. The van der Waals surface area contributed by atoms with Crippen molar-refractivity contribution in [1.29, 1.82) is 0 Å². The zero-order chi connectivity index (χ0) is 18.2. The topological polar surface area (TPSA) is 80.3 Å². The number of nitrogens with zero attached hydrogens (tertiary/aromatic N) is 1. The van der Waals surface area contributed by atoms with Gasteiger partial charge in [0.05, 0.1) is 23.4 Å². The molecule has 0 radical (unpaired) electrons. The second-order valence-corrected chi connectivity index (χ2v) is 5.61. The number of nitrogens with one attached hydrogen (secondary N) is 2. The minimum atomic E-state index is -0.393. The lowest BCUT2D eigenvalue weighted by Crippen LogP contribution is -2.31. The van der Waals surface area contributed by atoms with Crippen LogP contribution < -0.4 is 10.6 Å². The SMILES string of the molecule is CCOC(=O)c1ccccc1Nc1ccc(C(=O)NC(C)CC)cn1. The van der Waals surface area contributed by atoms with Crippen molar-refractivity contribution in [2.24, 2.45) is 0 Å². The maximum absolute atomic E-state index is 12.1. The van der Waals surface area contributed by atoms with Gasteiger partial charge in [0.2, 0.25) is 0 Å². The fraction of sp³-hybridized carbons (Fsp3) is 0.316. The molecule has 0 aliphatic carbocycles. The molecule has 0 bridgehead atoms. The second-order valence-electron chi connectivity index (χ2n) is 5.61. The third-order valence-corrected chi connectivity index (χ3v) is 3.70. The first kappa shape index (κ1) is 18.4. The predicted molar refractivity (Wildman–Crippen MR) is 97.1 cm³/mol. The molecule has 0 aliphatic rings. The van der Waals surface area contributed by atoms with E-state index in [1.165, 1.54) is 6.20 Å². The molecule has 2 N–H and O–H groups in total. The molecular formula is C19H23N3O3.